The van der Waals surface area contributed by atoms with E-state index in [1.54, 1.807) is 30.4 Å². The summed E-state index contributed by atoms with van der Waals surface area (Å²) < 4.78 is 81.5. The van der Waals surface area contributed by atoms with E-state index < -0.39 is 53.3 Å². The fourth-order valence-corrected chi connectivity index (χ4v) is 11.1. The summed E-state index contributed by atoms with van der Waals surface area (Å²) in [6, 6.07) is 9.55. The third-order valence-corrected chi connectivity index (χ3v) is 16.0. The Kier molecular flexibility index (Phi) is 19.4. The summed E-state index contributed by atoms with van der Waals surface area (Å²) in [7, 11) is 1.71. The summed E-state index contributed by atoms with van der Waals surface area (Å²) in [6.45, 7) is 3.93. The number of amides is 6. The minimum Gasteiger partial charge on any atom is -0.490 e. The second-order valence-corrected chi connectivity index (χ2v) is 21.5. The van der Waals surface area contributed by atoms with Crippen LogP contribution in [-0.2, 0) is 38.2 Å². The number of alkyl halides is 3. The highest BCUT2D eigenvalue weighted by Crippen LogP contribution is 2.55. The molecule has 8 rings (SSSR count). The lowest BCUT2D eigenvalue weighted by Gasteiger charge is -2.32. The van der Waals surface area contributed by atoms with E-state index in [1.807, 2.05) is 6.07 Å². The third kappa shape index (κ3) is 14.7. The molecule has 0 bridgehead atoms. The molecule has 5 aliphatic rings. The van der Waals surface area contributed by atoms with Gasteiger partial charge in [0.15, 0.2) is 5.60 Å². The lowest BCUT2D eigenvalue weighted by molar-refractivity contribution is -0.272. The third-order valence-electron chi connectivity index (χ3n) is 16.0. The minimum absolute atomic E-state index is 0.0118. The highest BCUT2D eigenvalue weighted by molar-refractivity contribution is 5.98. The topological polar surface area (TPSA) is 229 Å². The van der Waals surface area contributed by atoms with Crippen molar-refractivity contribution in [1.82, 2.24) is 36.1 Å². The first-order valence-electron chi connectivity index (χ1n) is 27.4. The van der Waals surface area contributed by atoms with Crippen molar-refractivity contribution in [3.63, 3.8) is 0 Å². The molecule has 1 aromatic carbocycles. The predicted molar refractivity (Wildman–Crippen MR) is 276 cm³/mol. The molecule has 6 atom stereocenters. The molecule has 0 spiro atoms. The molecule has 3 aromatic rings. The smallest absolute Gasteiger partial charge is 0.417 e. The second kappa shape index (κ2) is 26.1. The zero-order valence-electron chi connectivity index (χ0n) is 44.4. The Balaban J connectivity index is 0.663. The van der Waals surface area contributed by atoms with E-state index in [2.05, 4.69) is 36.6 Å². The fourth-order valence-electron chi connectivity index (χ4n) is 11.1. The van der Waals surface area contributed by atoms with E-state index in [4.69, 9.17) is 18.9 Å². The number of nitrogens with zero attached hydrogens (tertiary/aromatic N) is 3. The Labute approximate surface area is 451 Å². The molecule has 4 heterocycles. The monoisotopic (exact) mass is 1090 g/mol. The van der Waals surface area contributed by atoms with Gasteiger partial charge in [0, 0.05) is 106 Å². The summed E-state index contributed by atoms with van der Waals surface area (Å²) in [6.07, 6.45) is 7.03. The highest BCUT2D eigenvalue weighted by atomic mass is 19.4. The van der Waals surface area contributed by atoms with Crippen LogP contribution in [0.3, 0.4) is 0 Å². The Morgan fingerprint density at radius 3 is 2.19 bits per heavy atom. The Bertz CT molecular complexity index is 2580. The molecule has 22 heteroatoms. The van der Waals surface area contributed by atoms with Gasteiger partial charge in [-0.05, 0) is 114 Å². The lowest BCUT2D eigenvalue weighted by Crippen LogP contribution is -2.47. The molecule has 0 radical (unpaired) electrons. The molecule has 3 saturated carbocycles. The number of hydrogen-bond donors (Lipinski definition) is 5. The number of likely N-dealkylation sites (tertiary alicyclic amines) is 1. The molecular weight excluding hydrogens is 1020 g/mol. The van der Waals surface area contributed by atoms with Gasteiger partial charge < -0.3 is 50.4 Å². The molecule has 2 saturated heterocycles. The number of pyridine rings is 2. The van der Waals surface area contributed by atoms with Gasteiger partial charge in [-0.2, -0.15) is 13.2 Å². The van der Waals surface area contributed by atoms with Crippen LogP contribution in [0.1, 0.15) is 137 Å². The molecule has 18 nitrogen and oxygen atoms in total. The van der Waals surface area contributed by atoms with Crippen molar-refractivity contribution >= 4 is 41.1 Å². The highest BCUT2D eigenvalue weighted by Gasteiger charge is 2.66. The molecule has 3 aliphatic carbocycles. The van der Waals surface area contributed by atoms with E-state index >= 15 is 0 Å². The number of carbonyl (C=O) groups excluding carboxylic acids is 6. The van der Waals surface area contributed by atoms with Crippen LogP contribution in [0.2, 0.25) is 0 Å². The molecule has 2 aromatic heterocycles. The van der Waals surface area contributed by atoms with Crippen molar-refractivity contribution < 1.29 is 65.3 Å². The largest absolute Gasteiger partial charge is 0.490 e. The Morgan fingerprint density at radius 2 is 1.50 bits per heavy atom. The first-order chi connectivity index (χ1) is 37.4. The number of hydrogen-bond acceptors (Lipinski definition) is 12. The minimum atomic E-state index is -4.85. The molecule has 424 valence electrons. The summed E-state index contributed by atoms with van der Waals surface area (Å²) in [5.41, 5.74) is -1.63. The first kappa shape index (κ1) is 57.9. The van der Waals surface area contributed by atoms with Gasteiger partial charge >= 0.3 is 6.18 Å². The maximum atomic E-state index is 14.5. The fraction of sp³-hybridized carbons (Fsp3) is 0.607. The standard InChI is InChI=1S/C56H72F4N8O10/c1-33-48(42-20-11-36(57)29-45(42)77-41-18-19-41)50(78-55(33,2)56(58,59)60)54(74)67-38-21-25-62-44(30-38)53(73)64-24-6-23-63-51(71)34-9-12-37(13-10-34)66-46(69)8-5-27-75-39-14-16-40(17-15-39)76-28-26-65-52(72)43-31-47(70)68(3)49(43)35-7-4-22-61-32-35/h4,7,11,20-22,25,29-30,32-34,37,39-41,43,48-50H,5-6,8-10,12-19,23-24,26-28,31H2,1-3H3,(H,63,71)(H,64,73)(H,65,72)(H,66,69)(H,62,67,74)/t33-,34?,37?,39?,40?,43-,48-,49+,50+,55+/m0/s1. The average molecular weight is 1090 g/mol. The number of anilines is 1. The number of aromatic nitrogens is 2. The van der Waals surface area contributed by atoms with Crippen molar-refractivity contribution in [3.05, 3.63) is 83.7 Å². The van der Waals surface area contributed by atoms with E-state index in [9.17, 15) is 46.3 Å². The predicted octanol–water partition coefficient (Wildman–Crippen LogP) is 6.61. The average Bonchev–Trinajstić information content (AvgIpc) is 4.25. The number of ether oxygens (including phenoxy) is 4. The lowest BCUT2D eigenvalue weighted by atomic mass is 9.77. The van der Waals surface area contributed by atoms with E-state index in [0.29, 0.717) is 71.2 Å². The molecule has 5 N–H and O–H groups in total. The van der Waals surface area contributed by atoms with Gasteiger partial charge in [0.1, 0.15) is 23.4 Å². The summed E-state index contributed by atoms with van der Waals surface area (Å²) in [5.74, 6) is -5.54. The second-order valence-electron chi connectivity index (χ2n) is 21.5. The molecule has 78 heavy (non-hydrogen) atoms. The number of benzene rings is 1. The normalized spacial score (nSPS) is 27.2. The molecular formula is C56H72F4N8O10. The van der Waals surface area contributed by atoms with Crippen LogP contribution in [0.15, 0.2) is 61.1 Å². The van der Waals surface area contributed by atoms with Gasteiger partial charge in [-0.3, -0.25) is 38.7 Å². The summed E-state index contributed by atoms with van der Waals surface area (Å²) in [5, 5.41) is 14.3. The molecule has 2 aliphatic heterocycles. The zero-order chi connectivity index (χ0) is 55.6. The van der Waals surface area contributed by atoms with Crippen molar-refractivity contribution in [2.24, 2.45) is 17.8 Å². The summed E-state index contributed by atoms with van der Waals surface area (Å²) in [4.78, 5) is 88.0. The number of nitrogens with one attached hydrogen (secondary N) is 5. The summed E-state index contributed by atoms with van der Waals surface area (Å²) >= 11 is 0. The van der Waals surface area contributed by atoms with E-state index in [0.717, 1.165) is 63.1 Å². The Morgan fingerprint density at radius 1 is 0.808 bits per heavy atom. The van der Waals surface area contributed by atoms with Crippen LogP contribution in [0.4, 0.5) is 23.2 Å². The van der Waals surface area contributed by atoms with Crippen molar-refractivity contribution in [1.29, 1.82) is 0 Å². The van der Waals surface area contributed by atoms with Gasteiger partial charge in [-0.25, -0.2) is 4.39 Å². The van der Waals surface area contributed by atoms with Crippen molar-refractivity contribution in [3.8, 4) is 5.75 Å². The van der Waals surface area contributed by atoms with Crippen LogP contribution in [0, 0.1) is 23.6 Å². The molecule has 0 unspecified atom stereocenters. The molecule has 5 fully saturated rings. The van der Waals surface area contributed by atoms with Crippen LogP contribution in [0.5, 0.6) is 5.75 Å². The van der Waals surface area contributed by atoms with Crippen LogP contribution in [0.25, 0.3) is 0 Å². The number of rotatable bonds is 23. The Hall–Kier alpha value is -6.26. The van der Waals surface area contributed by atoms with Gasteiger partial charge in [-0.15, -0.1) is 0 Å². The van der Waals surface area contributed by atoms with Crippen LogP contribution >= 0.6 is 0 Å². The van der Waals surface area contributed by atoms with Crippen molar-refractivity contribution in [2.45, 2.75) is 158 Å². The van der Waals surface area contributed by atoms with Gasteiger partial charge in [0.25, 0.3) is 11.8 Å². The van der Waals surface area contributed by atoms with Gasteiger partial charge in [-0.1, -0.05) is 19.1 Å². The maximum Gasteiger partial charge on any atom is 0.417 e. The quantitative estimate of drug-likeness (QED) is 0.0500. The van der Waals surface area contributed by atoms with Gasteiger partial charge in [0.05, 0.1) is 36.9 Å². The SMILES string of the molecule is C[C@H]1[C@@H](c2ccc(F)cc2OC2CC2)[C@H](C(=O)Nc2ccnc(C(=O)NCCCNC(=O)C3CCC(NC(=O)CCCOC4CCC(OCCNC(=O)[C@H]5CC(=O)N(C)[C@@H]5c5cccnc5)CC4)CC3)c2)O[C@@]1(C)C(F)(F)F. The molecule has 6 amide bonds. The zero-order valence-corrected chi connectivity index (χ0v) is 44.4. The first-order valence-corrected chi connectivity index (χ1v) is 27.4. The van der Waals surface area contributed by atoms with E-state index in [1.165, 1.54) is 31.3 Å². The van der Waals surface area contributed by atoms with Gasteiger partial charge in [0.2, 0.25) is 23.6 Å². The van der Waals surface area contributed by atoms with Crippen LogP contribution < -0.4 is 31.3 Å². The van der Waals surface area contributed by atoms with Crippen LogP contribution in [-0.4, -0.2) is 132 Å². The van der Waals surface area contributed by atoms with Crippen molar-refractivity contribution in [2.75, 3.05) is 45.2 Å². The number of carbonyl (C=O) groups is 6. The maximum absolute atomic E-state index is 14.5. The van der Waals surface area contributed by atoms with E-state index in [-0.39, 0.29) is 95.6 Å². The number of halogens is 4.